The number of aromatic nitrogens is 2. The fourth-order valence-electron chi connectivity index (χ4n) is 1.99. The summed E-state index contributed by atoms with van der Waals surface area (Å²) < 4.78 is 0. The Bertz CT molecular complexity index is 568. The Morgan fingerprint density at radius 1 is 1.10 bits per heavy atom. The largest absolute Gasteiger partial charge is 0.478 e. The van der Waals surface area contributed by atoms with E-state index in [0.29, 0.717) is 5.82 Å². The summed E-state index contributed by atoms with van der Waals surface area (Å²) in [5, 5.41) is 8.81. The Hall–Kier alpha value is -1.94. The van der Waals surface area contributed by atoms with Crippen molar-refractivity contribution >= 4 is 18.4 Å². The van der Waals surface area contributed by atoms with Crippen molar-refractivity contribution in [3.8, 4) is 11.4 Å². The SMILES string of the molecule is CCCCCc1ccc(-c2ncc(C(=O)O)cn2)cc1.Cl. The van der Waals surface area contributed by atoms with Crippen molar-refractivity contribution < 1.29 is 9.90 Å². The molecular weight excluding hydrogens is 288 g/mol. The van der Waals surface area contributed by atoms with Crippen LogP contribution in [0.2, 0.25) is 0 Å². The highest BCUT2D eigenvalue weighted by Crippen LogP contribution is 2.16. The third kappa shape index (κ3) is 4.83. The smallest absolute Gasteiger partial charge is 0.338 e. The first-order valence-electron chi connectivity index (χ1n) is 6.85. The van der Waals surface area contributed by atoms with Gasteiger partial charge in [0.25, 0.3) is 0 Å². The van der Waals surface area contributed by atoms with E-state index in [-0.39, 0.29) is 18.0 Å². The molecule has 2 rings (SSSR count). The van der Waals surface area contributed by atoms with Crippen LogP contribution >= 0.6 is 12.4 Å². The molecule has 0 saturated heterocycles. The van der Waals surface area contributed by atoms with Crippen molar-refractivity contribution in [2.24, 2.45) is 0 Å². The van der Waals surface area contributed by atoms with Gasteiger partial charge in [-0.05, 0) is 18.4 Å². The molecule has 0 aliphatic rings. The molecule has 1 N–H and O–H groups in total. The molecule has 0 aliphatic heterocycles. The van der Waals surface area contributed by atoms with Crippen molar-refractivity contribution in [3.63, 3.8) is 0 Å². The van der Waals surface area contributed by atoms with E-state index in [1.165, 1.54) is 37.2 Å². The van der Waals surface area contributed by atoms with Gasteiger partial charge in [-0.15, -0.1) is 12.4 Å². The molecule has 0 spiro atoms. The van der Waals surface area contributed by atoms with Gasteiger partial charge in [0, 0.05) is 18.0 Å². The van der Waals surface area contributed by atoms with Crippen LogP contribution in [0.4, 0.5) is 0 Å². The lowest BCUT2D eigenvalue weighted by atomic mass is 10.1. The lowest BCUT2D eigenvalue weighted by Gasteiger charge is -2.03. The number of carboxylic acid groups (broad SMARTS) is 1. The molecule has 1 aromatic carbocycles. The fraction of sp³-hybridized carbons (Fsp3) is 0.312. The van der Waals surface area contributed by atoms with Gasteiger partial charge in [-0.1, -0.05) is 44.0 Å². The van der Waals surface area contributed by atoms with E-state index in [0.717, 1.165) is 12.0 Å². The Balaban J connectivity index is 0.00000220. The lowest BCUT2D eigenvalue weighted by Crippen LogP contribution is -1.99. The van der Waals surface area contributed by atoms with Gasteiger partial charge in [-0.3, -0.25) is 0 Å². The van der Waals surface area contributed by atoms with E-state index in [1.807, 2.05) is 12.1 Å². The van der Waals surface area contributed by atoms with Crippen LogP contribution in [0.1, 0.15) is 42.1 Å². The number of carbonyl (C=O) groups is 1. The lowest BCUT2D eigenvalue weighted by molar-refractivity contribution is 0.0696. The van der Waals surface area contributed by atoms with E-state index in [1.54, 1.807) is 0 Å². The Labute approximate surface area is 130 Å². The molecule has 0 fully saturated rings. The second kappa shape index (κ2) is 8.37. The summed E-state index contributed by atoms with van der Waals surface area (Å²) in [6.07, 6.45) is 7.44. The Kier molecular flexibility index (Phi) is 6.82. The second-order valence-electron chi connectivity index (χ2n) is 4.75. The molecule has 5 heteroatoms. The van der Waals surface area contributed by atoms with Crippen molar-refractivity contribution in [2.75, 3.05) is 0 Å². The summed E-state index contributed by atoms with van der Waals surface area (Å²) in [4.78, 5) is 18.9. The van der Waals surface area contributed by atoms with E-state index in [2.05, 4.69) is 29.0 Å². The molecule has 0 atom stereocenters. The van der Waals surface area contributed by atoms with E-state index >= 15 is 0 Å². The maximum absolute atomic E-state index is 10.7. The van der Waals surface area contributed by atoms with Gasteiger partial charge in [-0.25, -0.2) is 14.8 Å². The minimum absolute atomic E-state index is 0. The first-order valence-corrected chi connectivity index (χ1v) is 6.85. The number of hydrogen-bond acceptors (Lipinski definition) is 3. The highest BCUT2D eigenvalue weighted by Gasteiger charge is 2.05. The van der Waals surface area contributed by atoms with Gasteiger partial charge < -0.3 is 5.11 Å². The molecule has 0 amide bonds. The Morgan fingerprint density at radius 2 is 1.71 bits per heavy atom. The molecule has 0 bridgehead atoms. The zero-order valence-corrected chi connectivity index (χ0v) is 12.8. The van der Waals surface area contributed by atoms with Gasteiger partial charge in [0.2, 0.25) is 0 Å². The van der Waals surface area contributed by atoms with Gasteiger partial charge in [0.1, 0.15) is 0 Å². The highest BCUT2D eigenvalue weighted by molar-refractivity contribution is 5.86. The molecule has 0 saturated carbocycles. The zero-order valence-electron chi connectivity index (χ0n) is 12.0. The van der Waals surface area contributed by atoms with Crippen molar-refractivity contribution in [2.45, 2.75) is 32.6 Å². The molecule has 0 aliphatic carbocycles. The highest BCUT2D eigenvalue weighted by atomic mass is 35.5. The number of carboxylic acids is 1. The molecule has 1 aromatic heterocycles. The minimum Gasteiger partial charge on any atom is -0.478 e. The molecule has 2 aromatic rings. The van der Waals surface area contributed by atoms with Crippen LogP contribution in [-0.2, 0) is 6.42 Å². The van der Waals surface area contributed by atoms with E-state index < -0.39 is 5.97 Å². The summed E-state index contributed by atoms with van der Waals surface area (Å²) in [5.41, 5.74) is 2.32. The number of hydrogen-bond donors (Lipinski definition) is 1. The maximum atomic E-state index is 10.7. The van der Waals surface area contributed by atoms with Crippen LogP contribution in [0.25, 0.3) is 11.4 Å². The maximum Gasteiger partial charge on any atom is 0.338 e. The molecule has 0 radical (unpaired) electrons. The van der Waals surface area contributed by atoms with Crippen LogP contribution in [0.15, 0.2) is 36.7 Å². The summed E-state index contributed by atoms with van der Waals surface area (Å²) in [7, 11) is 0. The topological polar surface area (TPSA) is 63.1 Å². The van der Waals surface area contributed by atoms with E-state index in [9.17, 15) is 4.79 Å². The third-order valence-electron chi connectivity index (χ3n) is 3.18. The Morgan fingerprint density at radius 3 is 2.24 bits per heavy atom. The van der Waals surface area contributed by atoms with Gasteiger partial charge in [0.15, 0.2) is 5.82 Å². The zero-order chi connectivity index (χ0) is 14.4. The minimum atomic E-state index is -1.01. The van der Waals surface area contributed by atoms with Crippen LogP contribution < -0.4 is 0 Å². The van der Waals surface area contributed by atoms with Crippen LogP contribution in [0.3, 0.4) is 0 Å². The van der Waals surface area contributed by atoms with Crippen molar-refractivity contribution in [1.82, 2.24) is 9.97 Å². The average molecular weight is 307 g/mol. The van der Waals surface area contributed by atoms with Crippen molar-refractivity contribution in [3.05, 3.63) is 47.8 Å². The first kappa shape index (κ1) is 17.1. The summed E-state index contributed by atoms with van der Waals surface area (Å²) in [6, 6.07) is 8.13. The molecule has 21 heavy (non-hydrogen) atoms. The predicted octanol–water partition coefficient (Wildman–Crippen LogP) is 4.00. The van der Waals surface area contributed by atoms with Crippen LogP contribution in [0.5, 0.6) is 0 Å². The number of unbranched alkanes of at least 4 members (excludes halogenated alkanes) is 2. The third-order valence-corrected chi connectivity index (χ3v) is 3.18. The molecule has 0 unspecified atom stereocenters. The second-order valence-corrected chi connectivity index (χ2v) is 4.75. The monoisotopic (exact) mass is 306 g/mol. The predicted molar refractivity (Wildman–Crippen MR) is 84.9 cm³/mol. The number of aromatic carboxylic acids is 1. The van der Waals surface area contributed by atoms with Crippen molar-refractivity contribution in [1.29, 1.82) is 0 Å². The first-order chi connectivity index (χ1) is 9.70. The number of halogens is 1. The number of aryl methyl sites for hydroxylation is 1. The number of rotatable bonds is 6. The average Bonchev–Trinajstić information content (AvgIpc) is 2.48. The van der Waals surface area contributed by atoms with Gasteiger partial charge >= 0.3 is 5.97 Å². The number of benzene rings is 1. The van der Waals surface area contributed by atoms with Gasteiger partial charge in [-0.2, -0.15) is 0 Å². The quantitative estimate of drug-likeness (QED) is 0.819. The van der Waals surface area contributed by atoms with E-state index in [4.69, 9.17) is 5.11 Å². The normalized spacial score (nSPS) is 9.95. The summed E-state index contributed by atoms with van der Waals surface area (Å²) in [5.74, 6) is -0.460. The van der Waals surface area contributed by atoms with Crippen LogP contribution in [0, 0.1) is 0 Å². The van der Waals surface area contributed by atoms with Crippen LogP contribution in [-0.4, -0.2) is 21.0 Å². The van der Waals surface area contributed by atoms with Gasteiger partial charge in [0.05, 0.1) is 5.56 Å². The summed E-state index contributed by atoms with van der Waals surface area (Å²) >= 11 is 0. The fourth-order valence-corrected chi connectivity index (χ4v) is 1.99. The molecular formula is C16H19ClN2O2. The molecule has 112 valence electrons. The molecule has 4 nitrogen and oxygen atoms in total. The molecule has 1 heterocycles. The summed E-state index contributed by atoms with van der Waals surface area (Å²) in [6.45, 7) is 2.20. The number of nitrogens with zero attached hydrogens (tertiary/aromatic N) is 2. The standard InChI is InChI=1S/C16H18N2O2.ClH/c1-2-3-4-5-12-6-8-13(9-7-12)15-17-10-14(11-18-15)16(19)20;/h6-11H,2-5H2,1H3,(H,19,20);1H.